The number of para-hydroxylation sites is 1. The molecule has 1 aliphatic heterocycles. The van der Waals surface area contributed by atoms with E-state index in [9.17, 15) is 4.79 Å². The van der Waals surface area contributed by atoms with Gasteiger partial charge in [0.25, 0.3) is 0 Å². The standard InChI is InChI=1S/C20H23N5O/c1-20(2,3)18-17-14(12-16(26)22-19(17)24(4)23-18)15-10-11-21-25(15)13-8-6-5-7-9-13/h5-11,14H,12H2,1-4H3,(H,22,26)/t14-/m0/s1. The predicted molar refractivity (Wildman–Crippen MR) is 101 cm³/mol. The minimum absolute atomic E-state index is 0.00627. The summed E-state index contributed by atoms with van der Waals surface area (Å²) in [5.41, 5.74) is 3.98. The molecule has 0 aliphatic carbocycles. The zero-order chi connectivity index (χ0) is 18.5. The summed E-state index contributed by atoms with van der Waals surface area (Å²) in [5.74, 6) is 0.716. The molecule has 4 rings (SSSR count). The number of nitrogens with one attached hydrogen (secondary N) is 1. The van der Waals surface area contributed by atoms with Crippen LogP contribution in [0.2, 0.25) is 0 Å². The smallest absolute Gasteiger partial charge is 0.226 e. The summed E-state index contributed by atoms with van der Waals surface area (Å²) >= 11 is 0. The van der Waals surface area contributed by atoms with Crippen LogP contribution >= 0.6 is 0 Å². The van der Waals surface area contributed by atoms with Crippen LogP contribution in [0.5, 0.6) is 0 Å². The van der Waals surface area contributed by atoms with Crippen molar-refractivity contribution < 1.29 is 4.79 Å². The average Bonchev–Trinajstić information content (AvgIpc) is 3.20. The van der Waals surface area contributed by atoms with Crippen LogP contribution in [0.25, 0.3) is 5.69 Å². The van der Waals surface area contributed by atoms with Crippen LogP contribution in [0.15, 0.2) is 42.6 Å². The molecule has 0 saturated heterocycles. The molecule has 1 atom stereocenters. The summed E-state index contributed by atoms with van der Waals surface area (Å²) in [7, 11) is 1.88. The summed E-state index contributed by atoms with van der Waals surface area (Å²) in [4.78, 5) is 12.4. The molecule has 2 aromatic heterocycles. The number of hydrogen-bond acceptors (Lipinski definition) is 3. The Bertz CT molecular complexity index is 962. The van der Waals surface area contributed by atoms with Crippen molar-refractivity contribution in [1.82, 2.24) is 19.6 Å². The molecule has 0 fully saturated rings. The molecule has 3 aromatic rings. The van der Waals surface area contributed by atoms with Gasteiger partial charge in [-0.25, -0.2) is 4.68 Å². The van der Waals surface area contributed by atoms with E-state index in [0.717, 1.165) is 28.5 Å². The van der Waals surface area contributed by atoms with Gasteiger partial charge in [0, 0.05) is 36.6 Å². The first-order valence-corrected chi connectivity index (χ1v) is 8.83. The van der Waals surface area contributed by atoms with Crippen molar-refractivity contribution >= 4 is 11.7 Å². The maximum absolute atomic E-state index is 12.4. The summed E-state index contributed by atoms with van der Waals surface area (Å²) in [5, 5.41) is 12.3. The lowest BCUT2D eigenvalue weighted by Crippen LogP contribution is -2.27. The van der Waals surface area contributed by atoms with Gasteiger partial charge in [0.1, 0.15) is 5.82 Å². The number of nitrogens with zero attached hydrogens (tertiary/aromatic N) is 4. The van der Waals surface area contributed by atoms with Gasteiger partial charge in [-0.3, -0.25) is 9.48 Å². The van der Waals surface area contributed by atoms with Crippen molar-refractivity contribution in [1.29, 1.82) is 0 Å². The van der Waals surface area contributed by atoms with Crippen molar-refractivity contribution in [2.45, 2.75) is 38.5 Å². The Morgan fingerprint density at radius 2 is 1.88 bits per heavy atom. The molecule has 0 saturated carbocycles. The highest BCUT2D eigenvalue weighted by Crippen LogP contribution is 2.42. The van der Waals surface area contributed by atoms with Crippen LogP contribution in [0.4, 0.5) is 5.82 Å². The molecule has 0 spiro atoms. The molecule has 0 radical (unpaired) electrons. The quantitative estimate of drug-likeness (QED) is 0.771. The highest BCUT2D eigenvalue weighted by atomic mass is 16.1. The first-order valence-electron chi connectivity index (χ1n) is 8.83. The van der Waals surface area contributed by atoms with Crippen molar-refractivity contribution in [2.24, 2.45) is 7.05 Å². The molecule has 3 heterocycles. The second-order valence-corrected chi connectivity index (χ2v) is 7.79. The van der Waals surface area contributed by atoms with E-state index in [-0.39, 0.29) is 17.2 Å². The van der Waals surface area contributed by atoms with Crippen LogP contribution in [0.1, 0.15) is 50.1 Å². The fourth-order valence-corrected chi connectivity index (χ4v) is 3.66. The molecule has 0 bridgehead atoms. The number of amides is 1. The Morgan fingerprint density at radius 3 is 2.58 bits per heavy atom. The highest BCUT2D eigenvalue weighted by molar-refractivity contribution is 5.94. The van der Waals surface area contributed by atoms with Crippen LogP contribution in [0, 0.1) is 0 Å². The van der Waals surface area contributed by atoms with Crippen molar-refractivity contribution in [3.63, 3.8) is 0 Å². The zero-order valence-electron chi connectivity index (χ0n) is 15.5. The lowest BCUT2D eigenvalue weighted by atomic mass is 9.81. The monoisotopic (exact) mass is 349 g/mol. The maximum Gasteiger partial charge on any atom is 0.226 e. The molecule has 1 aliphatic rings. The van der Waals surface area contributed by atoms with Crippen molar-refractivity contribution in [3.05, 3.63) is 59.5 Å². The van der Waals surface area contributed by atoms with Gasteiger partial charge in [-0.1, -0.05) is 39.0 Å². The largest absolute Gasteiger partial charge is 0.311 e. The summed E-state index contributed by atoms with van der Waals surface area (Å²) in [6.45, 7) is 6.45. The summed E-state index contributed by atoms with van der Waals surface area (Å²) < 4.78 is 3.70. The van der Waals surface area contributed by atoms with E-state index >= 15 is 0 Å². The average molecular weight is 349 g/mol. The Kier molecular flexibility index (Phi) is 3.72. The van der Waals surface area contributed by atoms with Gasteiger partial charge in [0.15, 0.2) is 0 Å². The molecule has 6 heteroatoms. The van der Waals surface area contributed by atoms with Gasteiger partial charge in [0.2, 0.25) is 5.91 Å². The van der Waals surface area contributed by atoms with Gasteiger partial charge in [0.05, 0.1) is 17.1 Å². The topological polar surface area (TPSA) is 64.7 Å². The number of benzene rings is 1. The second-order valence-electron chi connectivity index (χ2n) is 7.79. The van der Waals surface area contributed by atoms with Gasteiger partial charge in [-0.05, 0) is 18.2 Å². The SMILES string of the molecule is Cn1nc(C(C)(C)C)c2c1NC(=O)C[C@H]2c1ccnn1-c1ccccc1. The van der Waals surface area contributed by atoms with Crippen LogP contribution in [-0.2, 0) is 17.3 Å². The first-order chi connectivity index (χ1) is 12.4. The molecule has 1 aromatic carbocycles. The number of carbonyl (C=O) groups excluding carboxylic acids is 1. The number of aryl methyl sites for hydroxylation is 1. The Balaban J connectivity index is 1.91. The summed E-state index contributed by atoms with van der Waals surface area (Å²) in [6.07, 6.45) is 2.18. The predicted octanol–water partition coefficient (Wildman–Crippen LogP) is 3.38. The number of aromatic nitrogens is 4. The van der Waals surface area contributed by atoms with Gasteiger partial charge < -0.3 is 5.32 Å². The molecule has 134 valence electrons. The van der Waals surface area contributed by atoms with E-state index in [1.807, 2.05) is 48.1 Å². The number of anilines is 1. The lowest BCUT2D eigenvalue weighted by molar-refractivity contribution is -0.116. The van der Waals surface area contributed by atoms with Crippen LogP contribution in [-0.4, -0.2) is 25.5 Å². The lowest BCUT2D eigenvalue weighted by Gasteiger charge is -2.27. The number of fused-ring (bicyclic) bond motifs is 1. The first kappa shape index (κ1) is 16.6. The highest BCUT2D eigenvalue weighted by Gasteiger charge is 2.37. The zero-order valence-corrected chi connectivity index (χ0v) is 15.5. The molecule has 0 unspecified atom stereocenters. The third-order valence-electron chi connectivity index (χ3n) is 4.82. The number of hydrogen-bond donors (Lipinski definition) is 1. The van der Waals surface area contributed by atoms with Crippen LogP contribution < -0.4 is 5.32 Å². The van der Waals surface area contributed by atoms with E-state index in [1.165, 1.54) is 0 Å². The summed E-state index contributed by atoms with van der Waals surface area (Å²) in [6, 6.07) is 12.0. The van der Waals surface area contributed by atoms with E-state index in [4.69, 9.17) is 5.10 Å². The van der Waals surface area contributed by atoms with Crippen molar-refractivity contribution in [2.75, 3.05) is 5.32 Å². The molecule has 26 heavy (non-hydrogen) atoms. The van der Waals surface area contributed by atoms with Gasteiger partial charge in [-0.15, -0.1) is 0 Å². The number of rotatable bonds is 2. The van der Waals surface area contributed by atoms with E-state index in [2.05, 4.69) is 31.2 Å². The second kappa shape index (κ2) is 5.83. The van der Waals surface area contributed by atoms with Crippen molar-refractivity contribution in [3.8, 4) is 5.69 Å². The van der Waals surface area contributed by atoms with Crippen LogP contribution in [0.3, 0.4) is 0 Å². The van der Waals surface area contributed by atoms with E-state index < -0.39 is 0 Å². The molecular formula is C20H23N5O. The molecule has 1 amide bonds. The third kappa shape index (κ3) is 2.62. The van der Waals surface area contributed by atoms with E-state index in [1.54, 1.807) is 10.9 Å². The normalized spacial score (nSPS) is 17.1. The molecular weight excluding hydrogens is 326 g/mol. The molecule has 6 nitrogen and oxygen atoms in total. The van der Waals surface area contributed by atoms with E-state index in [0.29, 0.717) is 6.42 Å². The Morgan fingerprint density at radius 1 is 1.15 bits per heavy atom. The number of carbonyl (C=O) groups is 1. The third-order valence-corrected chi connectivity index (χ3v) is 4.82. The van der Waals surface area contributed by atoms with Gasteiger partial charge >= 0.3 is 0 Å². The minimum Gasteiger partial charge on any atom is -0.311 e. The fraction of sp³-hybridized carbons (Fsp3) is 0.350. The fourth-order valence-electron chi connectivity index (χ4n) is 3.66. The Labute approximate surface area is 152 Å². The maximum atomic E-state index is 12.4. The van der Waals surface area contributed by atoms with Gasteiger partial charge in [-0.2, -0.15) is 10.2 Å². The Hall–Kier alpha value is -2.89. The molecule has 1 N–H and O–H groups in total. The minimum atomic E-state index is -0.122.